The summed E-state index contributed by atoms with van der Waals surface area (Å²) in [6.45, 7) is 6.59. The molecule has 3 aromatic rings. The molecule has 0 spiro atoms. The lowest BCUT2D eigenvalue weighted by atomic mass is 10.0. The Bertz CT molecular complexity index is 1090. The number of aromatic nitrogens is 3. The van der Waals surface area contributed by atoms with Gasteiger partial charge in [0.05, 0.1) is 17.2 Å². The highest BCUT2D eigenvalue weighted by molar-refractivity contribution is 6.00. The van der Waals surface area contributed by atoms with E-state index in [0.717, 1.165) is 36.3 Å². The van der Waals surface area contributed by atoms with Gasteiger partial charge in [-0.25, -0.2) is 4.98 Å². The molecule has 2 bridgehead atoms. The number of hydrogen-bond acceptors (Lipinski definition) is 6. The average Bonchev–Trinajstić information content (AvgIpc) is 3.45. The number of pyridine rings is 1. The van der Waals surface area contributed by atoms with Crippen LogP contribution in [0.3, 0.4) is 0 Å². The summed E-state index contributed by atoms with van der Waals surface area (Å²) in [4.78, 5) is 24.4. The van der Waals surface area contributed by atoms with Crippen LogP contribution >= 0.6 is 0 Å². The molecule has 2 aliphatic rings. The first-order valence-electron chi connectivity index (χ1n) is 10.4. The second-order valence-corrected chi connectivity index (χ2v) is 8.53. The Morgan fingerprint density at radius 1 is 1.13 bits per heavy atom. The number of amides is 1. The molecule has 30 heavy (non-hydrogen) atoms. The lowest BCUT2D eigenvalue weighted by Gasteiger charge is -2.34. The van der Waals surface area contributed by atoms with Gasteiger partial charge in [-0.15, -0.1) is 0 Å². The fourth-order valence-corrected chi connectivity index (χ4v) is 4.74. The standard InChI is InChI=1S/C23H25N5O2/c1-13-4-6-17(18(8-13)22-25-15(3)27-30-22)23(29)28-12-16-9-19(20(28)10-16)26-21-7-5-14(2)11-24-21/h4-8,11,16,19-20H,9-10,12H2,1-3H3,(H,24,26). The Hall–Kier alpha value is -3.22. The van der Waals surface area contributed by atoms with E-state index in [1.165, 1.54) is 0 Å². The van der Waals surface area contributed by atoms with Crippen molar-refractivity contribution in [2.24, 2.45) is 5.92 Å². The first-order chi connectivity index (χ1) is 14.5. The molecule has 3 heterocycles. The SMILES string of the molecule is Cc1ccc(NC2CC3CC2N(C(=O)c2ccc(C)cc2-c2nc(C)no2)C3)nc1. The second-order valence-electron chi connectivity index (χ2n) is 8.53. The van der Waals surface area contributed by atoms with Gasteiger partial charge in [-0.05, 0) is 63.3 Å². The molecule has 1 saturated carbocycles. The van der Waals surface area contributed by atoms with Crippen LogP contribution in [0.4, 0.5) is 5.82 Å². The molecule has 3 unspecified atom stereocenters. The van der Waals surface area contributed by atoms with E-state index in [-0.39, 0.29) is 18.0 Å². The van der Waals surface area contributed by atoms with E-state index < -0.39 is 0 Å². The maximum absolute atomic E-state index is 13.6. The molecule has 154 valence electrons. The minimum absolute atomic E-state index is 0.0247. The largest absolute Gasteiger partial charge is 0.365 e. The number of anilines is 1. The molecule has 2 fully saturated rings. The summed E-state index contributed by atoms with van der Waals surface area (Å²) in [5, 5.41) is 7.44. The summed E-state index contributed by atoms with van der Waals surface area (Å²) < 4.78 is 5.38. The zero-order chi connectivity index (χ0) is 20.8. The normalized spacial score (nSPS) is 22.5. The van der Waals surface area contributed by atoms with Crippen molar-refractivity contribution in [2.45, 2.75) is 45.7 Å². The Morgan fingerprint density at radius 2 is 1.97 bits per heavy atom. The maximum atomic E-state index is 13.6. The predicted molar refractivity (Wildman–Crippen MR) is 113 cm³/mol. The Morgan fingerprint density at radius 3 is 2.67 bits per heavy atom. The summed E-state index contributed by atoms with van der Waals surface area (Å²) in [5.74, 6) is 2.35. The molecule has 3 atom stereocenters. The van der Waals surface area contributed by atoms with Crippen molar-refractivity contribution in [1.29, 1.82) is 0 Å². The van der Waals surface area contributed by atoms with Gasteiger partial charge in [0.1, 0.15) is 5.82 Å². The van der Waals surface area contributed by atoms with E-state index >= 15 is 0 Å². The maximum Gasteiger partial charge on any atom is 0.258 e. The van der Waals surface area contributed by atoms with Crippen LogP contribution in [0, 0.1) is 26.7 Å². The number of nitrogens with zero attached hydrogens (tertiary/aromatic N) is 4. The Labute approximate surface area is 175 Å². The minimum atomic E-state index is 0.0247. The fraction of sp³-hybridized carbons (Fsp3) is 0.391. The number of carbonyl (C=O) groups excluding carboxylic acids is 1. The molecule has 5 rings (SSSR count). The van der Waals surface area contributed by atoms with E-state index in [0.29, 0.717) is 28.8 Å². The van der Waals surface area contributed by atoms with Crippen LogP contribution in [0.25, 0.3) is 11.5 Å². The van der Waals surface area contributed by atoms with Crippen LogP contribution in [0.5, 0.6) is 0 Å². The first-order valence-corrected chi connectivity index (χ1v) is 10.4. The first kappa shape index (κ1) is 18.8. The van der Waals surface area contributed by atoms with Crippen molar-refractivity contribution in [3.8, 4) is 11.5 Å². The molecule has 2 aromatic heterocycles. The fourth-order valence-electron chi connectivity index (χ4n) is 4.74. The van der Waals surface area contributed by atoms with Crippen molar-refractivity contribution < 1.29 is 9.32 Å². The molecular weight excluding hydrogens is 378 g/mol. The second kappa shape index (κ2) is 7.23. The molecule has 1 aliphatic carbocycles. The van der Waals surface area contributed by atoms with Crippen LogP contribution in [-0.2, 0) is 0 Å². The summed E-state index contributed by atoms with van der Waals surface area (Å²) in [6, 6.07) is 10.2. The monoisotopic (exact) mass is 403 g/mol. The third-order valence-corrected chi connectivity index (χ3v) is 6.15. The van der Waals surface area contributed by atoms with Crippen LogP contribution in [0.1, 0.15) is 40.2 Å². The van der Waals surface area contributed by atoms with Gasteiger partial charge in [0, 0.05) is 18.8 Å². The molecule has 1 aliphatic heterocycles. The average molecular weight is 403 g/mol. The lowest BCUT2D eigenvalue weighted by molar-refractivity contribution is 0.0692. The van der Waals surface area contributed by atoms with Gasteiger partial charge in [0.2, 0.25) is 0 Å². The van der Waals surface area contributed by atoms with Crippen molar-refractivity contribution >= 4 is 11.7 Å². The van der Waals surface area contributed by atoms with Gasteiger partial charge in [-0.3, -0.25) is 4.79 Å². The summed E-state index contributed by atoms with van der Waals surface area (Å²) >= 11 is 0. The third-order valence-electron chi connectivity index (χ3n) is 6.15. The zero-order valence-corrected chi connectivity index (χ0v) is 17.4. The van der Waals surface area contributed by atoms with Crippen molar-refractivity contribution in [3.63, 3.8) is 0 Å². The lowest BCUT2D eigenvalue weighted by Crippen LogP contribution is -2.47. The van der Waals surface area contributed by atoms with Crippen LogP contribution in [0.2, 0.25) is 0 Å². The number of benzene rings is 1. The van der Waals surface area contributed by atoms with Crippen molar-refractivity contribution in [2.75, 3.05) is 11.9 Å². The van der Waals surface area contributed by atoms with E-state index in [4.69, 9.17) is 4.52 Å². The van der Waals surface area contributed by atoms with E-state index in [1.54, 1.807) is 6.92 Å². The van der Waals surface area contributed by atoms with Gasteiger partial charge in [0.15, 0.2) is 5.82 Å². The highest BCUT2D eigenvalue weighted by Crippen LogP contribution is 2.40. The van der Waals surface area contributed by atoms with Gasteiger partial charge in [-0.2, -0.15) is 4.98 Å². The van der Waals surface area contributed by atoms with Crippen molar-refractivity contribution in [1.82, 2.24) is 20.0 Å². The Balaban J connectivity index is 1.41. The van der Waals surface area contributed by atoms with Crippen LogP contribution in [0.15, 0.2) is 41.1 Å². The number of carbonyl (C=O) groups is 1. The predicted octanol–water partition coefficient (Wildman–Crippen LogP) is 3.77. The van der Waals surface area contributed by atoms with Crippen LogP contribution in [-0.4, -0.2) is 44.6 Å². The number of piperidine rings is 1. The molecule has 1 saturated heterocycles. The summed E-state index contributed by atoms with van der Waals surface area (Å²) in [7, 11) is 0. The molecule has 7 nitrogen and oxygen atoms in total. The highest BCUT2D eigenvalue weighted by atomic mass is 16.5. The van der Waals surface area contributed by atoms with Gasteiger partial charge in [0.25, 0.3) is 11.8 Å². The van der Waals surface area contributed by atoms with Gasteiger partial charge < -0.3 is 14.7 Å². The molecular formula is C23H25N5O2. The number of fused-ring (bicyclic) bond motifs is 2. The number of aryl methyl sites for hydroxylation is 3. The molecule has 1 N–H and O–H groups in total. The highest BCUT2D eigenvalue weighted by Gasteiger charge is 2.47. The number of nitrogens with one attached hydrogen (secondary N) is 1. The quantitative estimate of drug-likeness (QED) is 0.714. The number of likely N-dealkylation sites (tertiary alicyclic amines) is 1. The van der Waals surface area contributed by atoms with Gasteiger partial charge >= 0.3 is 0 Å². The van der Waals surface area contributed by atoms with E-state index in [2.05, 4.69) is 26.5 Å². The third kappa shape index (κ3) is 3.34. The van der Waals surface area contributed by atoms with Crippen LogP contribution < -0.4 is 5.32 Å². The molecule has 7 heteroatoms. The molecule has 0 radical (unpaired) electrons. The van der Waals surface area contributed by atoms with Crippen molar-refractivity contribution in [3.05, 3.63) is 59.0 Å². The smallest absolute Gasteiger partial charge is 0.258 e. The van der Waals surface area contributed by atoms with E-state index in [9.17, 15) is 4.79 Å². The molecule has 1 amide bonds. The summed E-state index contributed by atoms with van der Waals surface area (Å²) in [5.41, 5.74) is 3.50. The van der Waals surface area contributed by atoms with E-state index in [1.807, 2.05) is 49.2 Å². The molecule has 1 aromatic carbocycles. The number of rotatable bonds is 4. The number of hydrogen-bond donors (Lipinski definition) is 1. The summed E-state index contributed by atoms with van der Waals surface area (Å²) in [6.07, 6.45) is 3.95. The zero-order valence-electron chi connectivity index (χ0n) is 17.4. The Kier molecular flexibility index (Phi) is 4.53. The minimum Gasteiger partial charge on any atom is -0.365 e. The topological polar surface area (TPSA) is 84.2 Å². The van der Waals surface area contributed by atoms with Gasteiger partial charge in [-0.1, -0.05) is 22.9 Å².